The van der Waals surface area contributed by atoms with Crippen LogP contribution in [0, 0.1) is 18.3 Å². The first-order chi connectivity index (χ1) is 15.2. The van der Waals surface area contributed by atoms with Crippen LogP contribution in [0.15, 0.2) is 23.3 Å². The van der Waals surface area contributed by atoms with E-state index in [0.717, 1.165) is 82.0 Å². The Hall–Kier alpha value is -2.65. The van der Waals surface area contributed by atoms with Crippen molar-refractivity contribution in [1.29, 1.82) is 0 Å². The molecular weight excluding hydrogens is 386 g/mol. The molecule has 0 radical (unpaired) electrons. The molecule has 0 bridgehead atoms. The van der Waals surface area contributed by atoms with Gasteiger partial charge in [0, 0.05) is 36.3 Å². The fraction of sp³-hybridized carbons (Fsp3) is 0.560. The Morgan fingerprint density at radius 1 is 1.23 bits per heavy atom. The van der Waals surface area contributed by atoms with Crippen LogP contribution in [-0.2, 0) is 4.74 Å². The molecule has 2 aromatic heterocycles. The highest BCUT2D eigenvalue weighted by Crippen LogP contribution is 2.40. The van der Waals surface area contributed by atoms with Crippen molar-refractivity contribution in [1.82, 2.24) is 14.8 Å². The van der Waals surface area contributed by atoms with Crippen molar-refractivity contribution >= 4 is 28.8 Å². The van der Waals surface area contributed by atoms with Gasteiger partial charge in [0.05, 0.1) is 25.5 Å². The average Bonchev–Trinajstić information content (AvgIpc) is 3.05. The van der Waals surface area contributed by atoms with E-state index >= 15 is 0 Å². The summed E-state index contributed by atoms with van der Waals surface area (Å²) < 4.78 is 7.72. The maximum atomic E-state index is 5.70. The molecule has 162 valence electrons. The SMILES string of the molecule is C#CC1CCC(c2cc(N3CCOC[C@H]3C)nc3c2cnn3C2=CC=NCCC2)CC1. The number of pyridine rings is 1. The number of aromatic nitrogens is 3. The molecule has 2 fully saturated rings. The Morgan fingerprint density at radius 2 is 2.10 bits per heavy atom. The zero-order valence-corrected chi connectivity index (χ0v) is 18.3. The first-order valence-electron chi connectivity index (χ1n) is 11.6. The lowest BCUT2D eigenvalue weighted by Crippen LogP contribution is -2.44. The largest absolute Gasteiger partial charge is 0.377 e. The summed E-state index contributed by atoms with van der Waals surface area (Å²) in [5.41, 5.74) is 3.51. The number of anilines is 1. The number of fused-ring (bicyclic) bond motifs is 1. The van der Waals surface area contributed by atoms with Crippen LogP contribution in [-0.4, -0.2) is 53.3 Å². The fourth-order valence-corrected chi connectivity index (χ4v) is 5.17. The summed E-state index contributed by atoms with van der Waals surface area (Å²) in [5.74, 6) is 4.94. The number of ether oxygens (including phenoxy) is 1. The zero-order valence-electron chi connectivity index (χ0n) is 18.3. The predicted molar refractivity (Wildman–Crippen MR) is 126 cm³/mol. The first kappa shape index (κ1) is 20.3. The number of nitrogens with zero attached hydrogens (tertiary/aromatic N) is 5. The minimum Gasteiger partial charge on any atom is -0.377 e. The molecule has 1 saturated heterocycles. The van der Waals surface area contributed by atoms with Crippen LogP contribution in [0.2, 0.25) is 0 Å². The van der Waals surface area contributed by atoms with Gasteiger partial charge in [0.25, 0.3) is 0 Å². The minimum absolute atomic E-state index is 0.310. The summed E-state index contributed by atoms with van der Waals surface area (Å²) >= 11 is 0. The molecule has 31 heavy (non-hydrogen) atoms. The lowest BCUT2D eigenvalue weighted by molar-refractivity contribution is 0.0985. The molecule has 6 nitrogen and oxygen atoms in total. The second-order valence-electron chi connectivity index (χ2n) is 9.01. The van der Waals surface area contributed by atoms with Crippen LogP contribution in [0.25, 0.3) is 16.7 Å². The van der Waals surface area contributed by atoms with Gasteiger partial charge in [-0.2, -0.15) is 5.10 Å². The van der Waals surface area contributed by atoms with Crippen LogP contribution in [0.1, 0.15) is 56.9 Å². The third kappa shape index (κ3) is 3.99. The van der Waals surface area contributed by atoms with Gasteiger partial charge in [-0.25, -0.2) is 9.67 Å². The van der Waals surface area contributed by atoms with E-state index in [-0.39, 0.29) is 0 Å². The molecular formula is C25H31N5O. The van der Waals surface area contributed by atoms with Gasteiger partial charge < -0.3 is 9.64 Å². The quantitative estimate of drug-likeness (QED) is 0.700. The van der Waals surface area contributed by atoms with E-state index in [9.17, 15) is 0 Å². The van der Waals surface area contributed by atoms with E-state index in [4.69, 9.17) is 21.2 Å². The van der Waals surface area contributed by atoms with Gasteiger partial charge >= 0.3 is 0 Å². The van der Waals surface area contributed by atoms with Gasteiger partial charge in [-0.15, -0.1) is 12.3 Å². The smallest absolute Gasteiger partial charge is 0.165 e. The molecule has 0 spiro atoms. The normalized spacial score (nSPS) is 27.0. The molecule has 0 unspecified atom stereocenters. The molecule has 3 aliphatic rings. The molecule has 2 aliphatic heterocycles. The molecule has 5 rings (SSSR count). The molecule has 6 heteroatoms. The standard InChI is InChI=1S/C25H31N5O/c1-3-19-6-8-20(9-7-19)22-15-24(29-13-14-31-17-18(29)2)28-25-23(22)16-27-30(25)21-5-4-11-26-12-10-21/h1,10,12,15-16,18-20H,4-9,11,13-14,17H2,2H3/t18-,19?,20?/m1/s1. The Bertz CT molecular complexity index is 1040. The van der Waals surface area contributed by atoms with Gasteiger partial charge in [0.2, 0.25) is 0 Å². The van der Waals surface area contributed by atoms with E-state index in [1.165, 1.54) is 10.9 Å². The van der Waals surface area contributed by atoms with Crippen molar-refractivity contribution in [2.24, 2.45) is 10.9 Å². The highest BCUT2D eigenvalue weighted by atomic mass is 16.5. The summed E-state index contributed by atoms with van der Waals surface area (Å²) in [5, 5.41) is 5.98. The predicted octanol–water partition coefficient (Wildman–Crippen LogP) is 4.27. The average molecular weight is 418 g/mol. The number of morpholine rings is 1. The van der Waals surface area contributed by atoms with Gasteiger partial charge in [0.15, 0.2) is 5.65 Å². The molecule has 1 aliphatic carbocycles. The second kappa shape index (κ2) is 8.84. The molecule has 4 heterocycles. The Balaban J connectivity index is 1.60. The van der Waals surface area contributed by atoms with Crippen molar-refractivity contribution in [3.05, 3.63) is 23.9 Å². The fourth-order valence-electron chi connectivity index (χ4n) is 5.17. The van der Waals surface area contributed by atoms with Crippen molar-refractivity contribution in [2.75, 3.05) is 31.2 Å². The highest BCUT2D eigenvalue weighted by molar-refractivity contribution is 5.87. The minimum atomic E-state index is 0.310. The Morgan fingerprint density at radius 3 is 2.90 bits per heavy atom. The van der Waals surface area contributed by atoms with E-state index < -0.39 is 0 Å². The number of rotatable bonds is 3. The molecule has 2 aromatic rings. The van der Waals surface area contributed by atoms with E-state index in [0.29, 0.717) is 17.9 Å². The van der Waals surface area contributed by atoms with Gasteiger partial charge in [-0.05, 0) is 69.1 Å². The van der Waals surface area contributed by atoms with E-state index in [1.54, 1.807) is 0 Å². The van der Waals surface area contributed by atoms with Gasteiger partial charge in [0.1, 0.15) is 5.82 Å². The highest BCUT2D eigenvalue weighted by Gasteiger charge is 2.27. The summed E-state index contributed by atoms with van der Waals surface area (Å²) in [4.78, 5) is 12.0. The van der Waals surface area contributed by atoms with Crippen LogP contribution >= 0.6 is 0 Å². The monoisotopic (exact) mass is 417 g/mol. The summed E-state index contributed by atoms with van der Waals surface area (Å²) in [6, 6.07) is 2.63. The van der Waals surface area contributed by atoms with Crippen LogP contribution in [0.4, 0.5) is 5.82 Å². The van der Waals surface area contributed by atoms with Crippen molar-refractivity contribution in [3.8, 4) is 12.3 Å². The molecule has 1 atom stereocenters. The Labute approximate surface area is 184 Å². The molecule has 0 aromatic carbocycles. The van der Waals surface area contributed by atoms with Crippen LogP contribution in [0.3, 0.4) is 0 Å². The first-order valence-corrected chi connectivity index (χ1v) is 11.6. The number of hydrogen-bond acceptors (Lipinski definition) is 5. The third-order valence-corrected chi connectivity index (χ3v) is 6.99. The maximum Gasteiger partial charge on any atom is 0.165 e. The lowest BCUT2D eigenvalue weighted by atomic mass is 9.78. The van der Waals surface area contributed by atoms with E-state index in [1.807, 2.05) is 17.1 Å². The van der Waals surface area contributed by atoms with Crippen molar-refractivity contribution in [3.63, 3.8) is 0 Å². The van der Waals surface area contributed by atoms with Crippen LogP contribution in [0.5, 0.6) is 0 Å². The van der Waals surface area contributed by atoms with Gasteiger partial charge in [-0.1, -0.05) is 0 Å². The van der Waals surface area contributed by atoms with Gasteiger partial charge in [-0.3, -0.25) is 4.99 Å². The summed E-state index contributed by atoms with van der Waals surface area (Å²) in [6.45, 7) is 5.43. The Kier molecular flexibility index (Phi) is 5.78. The molecule has 0 N–H and O–H groups in total. The summed E-state index contributed by atoms with van der Waals surface area (Å²) in [7, 11) is 0. The number of allylic oxidation sites excluding steroid dienone is 2. The van der Waals surface area contributed by atoms with Crippen molar-refractivity contribution in [2.45, 2.75) is 57.4 Å². The topological polar surface area (TPSA) is 55.5 Å². The lowest BCUT2D eigenvalue weighted by Gasteiger charge is -2.35. The second-order valence-corrected chi connectivity index (χ2v) is 9.01. The zero-order chi connectivity index (χ0) is 21.2. The van der Waals surface area contributed by atoms with Crippen LogP contribution < -0.4 is 4.90 Å². The van der Waals surface area contributed by atoms with E-state index in [2.05, 4.69) is 34.9 Å². The third-order valence-electron chi connectivity index (χ3n) is 6.99. The van der Waals surface area contributed by atoms with Crippen molar-refractivity contribution < 1.29 is 4.74 Å². The maximum absolute atomic E-state index is 5.70. The summed E-state index contributed by atoms with van der Waals surface area (Å²) in [6.07, 6.45) is 18.2. The molecule has 1 saturated carbocycles. The number of hydrogen-bond donors (Lipinski definition) is 0. The number of aliphatic imine (C=N–C) groups is 1. The molecule has 0 amide bonds. The number of terminal acetylenes is 1.